The third-order valence-electron chi connectivity index (χ3n) is 5.60. The van der Waals surface area contributed by atoms with Crippen molar-refractivity contribution in [2.75, 3.05) is 0 Å². The summed E-state index contributed by atoms with van der Waals surface area (Å²) in [6.07, 6.45) is 7.90. The molecule has 4 nitrogen and oxygen atoms in total. The Labute approximate surface area is 145 Å². The second-order valence-electron chi connectivity index (χ2n) is 8.39. The maximum absolute atomic E-state index is 12.5. The molecule has 136 valence electrons. The molecule has 0 amide bonds. The van der Waals surface area contributed by atoms with E-state index in [0.717, 1.165) is 6.42 Å². The molecule has 0 saturated carbocycles. The minimum Gasteiger partial charge on any atom is -0.385 e. The second kappa shape index (κ2) is 7.11. The van der Waals surface area contributed by atoms with Crippen LogP contribution in [-0.2, 0) is 9.53 Å². The Hall–Kier alpha value is -0.970. The van der Waals surface area contributed by atoms with Crippen LogP contribution in [0.3, 0.4) is 0 Å². The van der Waals surface area contributed by atoms with Gasteiger partial charge in [-0.1, -0.05) is 52.0 Å². The first-order valence-corrected chi connectivity index (χ1v) is 9.00. The zero-order valence-electron chi connectivity index (χ0n) is 15.5. The first-order chi connectivity index (χ1) is 11.1. The van der Waals surface area contributed by atoms with Crippen molar-refractivity contribution in [3.8, 4) is 0 Å². The van der Waals surface area contributed by atoms with Crippen molar-refractivity contribution in [1.29, 1.82) is 0 Å². The van der Waals surface area contributed by atoms with E-state index in [4.69, 9.17) is 4.74 Å². The highest BCUT2D eigenvalue weighted by Gasteiger charge is 2.49. The molecule has 1 fully saturated rings. The maximum atomic E-state index is 12.5. The average Bonchev–Trinajstić information content (AvgIpc) is 2.94. The topological polar surface area (TPSA) is 66.8 Å². The molecule has 0 unspecified atom stereocenters. The smallest absolute Gasteiger partial charge is 0.192 e. The Balaban J connectivity index is 2.34. The SMILES string of the molecule is C[C@H]1C=CC[C@H](C)[C@H](O)C(=O)[C@H](O)[C@]2(C)CC[C@@H](O2)C(C)(C)/C=C/1. The summed E-state index contributed by atoms with van der Waals surface area (Å²) in [7, 11) is 0. The quantitative estimate of drug-likeness (QED) is 0.667. The first kappa shape index (κ1) is 19.4. The van der Waals surface area contributed by atoms with E-state index in [2.05, 4.69) is 39.0 Å². The molecule has 0 spiro atoms. The van der Waals surface area contributed by atoms with Crippen molar-refractivity contribution < 1.29 is 19.7 Å². The highest BCUT2D eigenvalue weighted by molar-refractivity contribution is 5.88. The van der Waals surface area contributed by atoms with Crippen LogP contribution in [0, 0.1) is 17.3 Å². The number of ketones is 1. The summed E-state index contributed by atoms with van der Waals surface area (Å²) in [6, 6.07) is 0. The van der Waals surface area contributed by atoms with Crippen LogP contribution in [0.1, 0.15) is 53.9 Å². The molecule has 2 aliphatic rings. The zero-order valence-corrected chi connectivity index (χ0v) is 15.5. The molecule has 0 aromatic carbocycles. The van der Waals surface area contributed by atoms with E-state index in [0.29, 0.717) is 12.8 Å². The van der Waals surface area contributed by atoms with E-state index in [1.54, 1.807) is 6.92 Å². The summed E-state index contributed by atoms with van der Waals surface area (Å²) in [5.74, 6) is -0.483. The van der Waals surface area contributed by atoms with Gasteiger partial charge in [-0.15, -0.1) is 0 Å². The van der Waals surface area contributed by atoms with Gasteiger partial charge in [0, 0.05) is 5.41 Å². The fraction of sp³-hybridized carbons (Fsp3) is 0.750. The van der Waals surface area contributed by atoms with Gasteiger partial charge in [-0.25, -0.2) is 0 Å². The molecule has 0 aliphatic carbocycles. The number of fused-ring (bicyclic) bond motifs is 2. The predicted molar refractivity (Wildman–Crippen MR) is 94.5 cm³/mol. The normalized spacial score (nSPS) is 45.0. The largest absolute Gasteiger partial charge is 0.385 e. The third-order valence-corrected chi connectivity index (χ3v) is 5.60. The van der Waals surface area contributed by atoms with Crippen molar-refractivity contribution >= 4 is 5.78 Å². The van der Waals surface area contributed by atoms with Crippen LogP contribution in [-0.4, -0.2) is 39.9 Å². The highest BCUT2D eigenvalue weighted by atomic mass is 16.5. The third kappa shape index (κ3) is 3.98. The number of hydrogen-bond donors (Lipinski definition) is 2. The molecule has 2 heterocycles. The van der Waals surface area contributed by atoms with Crippen molar-refractivity contribution in [2.24, 2.45) is 17.3 Å². The van der Waals surface area contributed by atoms with Crippen LogP contribution in [0.5, 0.6) is 0 Å². The van der Waals surface area contributed by atoms with Crippen LogP contribution in [0.15, 0.2) is 24.3 Å². The maximum Gasteiger partial charge on any atom is 0.192 e. The van der Waals surface area contributed by atoms with Crippen molar-refractivity contribution in [1.82, 2.24) is 0 Å². The highest BCUT2D eigenvalue weighted by Crippen LogP contribution is 2.42. The minimum atomic E-state index is -1.30. The fourth-order valence-corrected chi connectivity index (χ4v) is 3.54. The lowest BCUT2D eigenvalue weighted by Crippen LogP contribution is -2.50. The van der Waals surface area contributed by atoms with E-state index >= 15 is 0 Å². The van der Waals surface area contributed by atoms with Gasteiger partial charge in [0.15, 0.2) is 5.78 Å². The molecule has 24 heavy (non-hydrogen) atoms. The molecule has 2 aliphatic heterocycles. The first-order valence-electron chi connectivity index (χ1n) is 9.00. The minimum absolute atomic E-state index is 0.0603. The van der Waals surface area contributed by atoms with E-state index < -0.39 is 23.6 Å². The number of ether oxygens (including phenoxy) is 1. The monoisotopic (exact) mass is 336 g/mol. The second-order valence-corrected chi connectivity index (χ2v) is 8.39. The number of hydrogen-bond acceptors (Lipinski definition) is 4. The van der Waals surface area contributed by atoms with Gasteiger partial charge in [0.1, 0.15) is 12.2 Å². The van der Waals surface area contributed by atoms with Crippen molar-refractivity contribution in [3.63, 3.8) is 0 Å². The van der Waals surface area contributed by atoms with Crippen LogP contribution < -0.4 is 0 Å². The summed E-state index contributed by atoms with van der Waals surface area (Å²) in [5.41, 5.74) is -1.11. The van der Waals surface area contributed by atoms with E-state index in [-0.39, 0.29) is 23.4 Å². The van der Waals surface area contributed by atoms with Gasteiger partial charge in [0.05, 0.1) is 11.7 Å². The van der Waals surface area contributed by atoms with Crippen LogP contribution >= 0.6 is 0 Å². The molecule has 0 aromatic heterocycles. The van der Waals surface area contributed by atoms with Crippen LogP contribution in [0.4, 0.5) is 0 Å². The number of rotatable bonds is 0. The summed E-state index contributed by atoms with van der Waals surface area (Å²) >= 11 is 0. The van der Waals surface area contributed by atoms with Crippen molar-refractivity contribution in [2.45, 2.75) is 77.8 Å². The van der Waals surface area contributed by atoms with Gasteiger partial charge in [0.2, 0.25) is 0 Å². The Morgan fingerprint density at radius 3 is 2.50 bits per heavy atom. The number of aliphatic hydroxyl groups is 2. The number of aliphatic hydroxyl groups excluding tert-OH is 2. The summed E-state index contributed by atoms with van der Waals surface area (Å²) in [4.78, 5) is 12.5. The van der Waals surface area contributed by atoms with E-state index in [9.17, 15) is 15.0 Å². The molecule has 0 aromatic rings. The lowest BCUT2D eigenvalue weighted by Gasteiger charge is -2.35. The molecule has 4 heteroatoms. The molecular weight excluding hydrogens is 304 g/mol. The molecule has 6 atom stereocenters. The van der Waals surface area contributed by atoms with Gasteiger partial charge in [-0.3, -0.25) is 4.79 Å². The zero-order chi connectivity index (χ0) is 18.1. The molecular formula is C20H32O4. The Morgan fingerprint density at radius 2 is 1.83 bits per heavy atom. The Morgan fingerprint density at radius 1 is 1.17 bits per heavy atom. The number of allylic oxidation sites excluding steroid dienone is 3. The van der Waals surface area contributed by atoms with Crippen molar-refractivity contribution in [3.05, 3.63) is 24.3 Å². The van der Waals surface area contributed by atoms with Crippen LogP contribution in [0.2, 0.25) is 0 Å². The van der Waals surface area contributed by atoms with Gasteiger partial charge in [-0.2, -0.15) is 0 Å². The predicted octanol–water partition coefficient (Wildman–Crippen LogP) is 3.03. The summed E-state index contributed by atoms with van der Waals surface area (Å²) < 4.78 is 6.16. The lowest BCUT2D eigenvalue weighted by atomic mass is 9.83. The summed E-state index contributed by atoms with van der Waals surface area (Å²) in [5, 5.41) is 20.9. The van der Waals surface area contributed by atoms with Gasteiger partial charge < -0.3 is 14.9 Å². The van der Waals surface area contributed by atoms with Gasteiger partial charge in [-0.05, 0) is 38.0 Å². The molecule has 2 rings (SSSR count). The molecule has 1 saturated heterocycles. The Kier molecular flexibility index (Phi) is 5.73. The standard InChI is InChI=1S/C20H32O4/c1-13-7-6-8-14(2)16(21)17(22)18(23)20(5)12-10-15(24-20)19(3,4)11-9-13/h6-7,9,11,13-16,18,21,23H,8,10,12H2,1-5H3/b7-6?,11-9+/t13-,14-,15+,16-,18-,20-/m0/s1. The summed E-state index contributed by atoms with van der Waals surface area (Å²) in [6.45, 7) is 9.96. The molecule has 2 N–H and O–H groups in total. The fourth-order valence-electron chi connectivity index (χ4n) is 3.54. The van der Waals surface area contributed by atoms with E-state index in [1.165, 1.54) is 0 Å². The lowest BCUT2D eigenvalue weighted by molar-refractivity contribution is -0.162. The van der Waals surface area contributed by atoms with Crippen LogP contribution in [0.25, 0.3) is 0 Å². The van der Waals surface area contributed by atoms with Gasteiger partial charge in [0.25, 0.3) is 0 Å². The number of carbonyl (C=O) groups excluding carboxylic acids is 1. The van der Waals surface area contributed by atoms with E-state index in [1.807, 2.05) is 13.0 Å². The number of carbonyl (C=O) groups is 1. The number of Topliss-reactive ketones (excluding diaryl/α,β-unsaturated/α-hetero) is 1. The average molecular weight is 336 g/mol. The Bertz CT molecular complexity index is 522. The molecule has 0 radical (unpaired) electrons. The molecule has 2 bridgehead atoms. The van der Waals surface area contributed by atoms with Gasteiger partial charge >= 0.3 is 0 Å².